The van der Waals surface area contributed by atoms with Gasteiger partial charge in [-0.05, 0) is 78.3 Å². The second kappa shape index (κ2) is 14.1. The van der Waals surface area contributed by atoms with E-state index < -0.39 is 0 Å². The third-order valence-electron chi connectivity index (χ3n) is 7.44. The molecule has 0 saturated heterocycles. The first-order valence-electron chi connectivity index (χ1n) is 14.2. The zero-order valence-electron chi connectivity index (χ0n) is 23.8. The summed E-state index contributed by atoms with van der Waals surface area (Å²) in [7, 11) is 0. The van der Waals surface area contributed by atoms with Crippen LogP contribution < -0.4 is 0 Å². The number of hydrogen-bond acceptors (Lipinski definition) is 6. The first-order valence-corrected chi connectivity index (χ1v) is 14.2. The minimum atomic E-state index is 0. The topological polar surface area (TPSA) is 99.4 Å². The Morgan fingerprint density at radius 2 is 0.705 bits per heavy atom. The van der Waals surface area contributed by atoms with Gasteiger partial charge in [-0.15, -0.1) is 0 Å². The van der Waals surface area contributed by atoms with Crippen LogP contribution in [0.25, 0.3) is 33.8 Å². The number of nitrogens with zero attached hydrogens (tertiary/aromatic N) is 3. The van der Waals surface area contributed by atoms with Gasteiger partial charge in [-0.3, -0.25) is 0 Å². The Labute approximate surface area is 270 Å². The van der Waals surface area contributed by atoms with E-state index in [1.807, 2.05) is 54.6 Å². The van der Waals surface area contributed by atoms with Crippen LogP contribution >= 0.6 is 0 Å². The first-order chi connectivity index (χ1) is 21.0. The molecule has 0 unspecified atom stereocenters. The van der Waals surface area contributed by atoms with Crippen molar-refractivity contribution in [3.8, 4) is 51.4 Å². The van der Waals surface area contributed by atoms with Crippen LogP contribution in [0.15, 0.2) is 127 Å². The second-order valence-corrected chi connectivity index (χ2v) is 10.7. The Balaban J connectivity index is 0.00000384. The van der Waals surface area contributed by atoms with Gasteiger partial charge < -0.3 is 15.3 Å². The van der Waals surface area contributed by atoms with Gasteiger partial charge in [0.2, 0.25) is 17.6 Å². The summed E-state index contributed by atoms with van der Waals surface area (Å²) >= 11 is 0. The average Bonchev–Trinajstić information content (AvgIpc) is 3.01. The molecule has 3 N–H and O–H groups in total. The van der Waals surface area contributed by atoms with Crippen molar-refractivity contribution in [1.29, 1.82) is 0 Å². The van der Waals surface area contributed by atoms with Crippen molar-refractivity contribution in [1.82, 2.24) is 15.0 Å². The van der Waals surface area contributed by atoms with Gasteiger partial charge >= 0.3 is 0 Å². The third-order valence-corrected chi connectivity index (χ3v) is 7.44. The second-order valence-electron chi connectivity index (χ2n) is 10.7. The molecular weight excluding hydrogens is 727 g/mol. The molecule has 221 valence electrons. The normalized spacial score (nSPS) is 10.8. The van der Waals surface area contributed by atoms with Crippen molar-refractivity contribution >= 4 is 0 Å². The van der Waals surface area contributed by atoms with E-state index in [4.69, 9.17) is 0 Å². The third kappa shape index (κ3) is 7.75. The molecule has 3 heterocycles. The maximum absolute atomic E-state index is 9.91. The number of pyridine rings is 3. The number of rotatable bonds is 9. The molecule has 0 amide bonds. The molecule has 0 bridgehead atoms. The maximum atomic E-state index is 9.91. The van der Waals surface area contributed by atoms with Crippen LogP contribution in [0.3, 0.4) is 0 Å². The van der Waals surface area contributed by atoms with Crippen molar-refractivity contribution in [2.45, 2.75) is 19.3 Å². The molecule has 0 spiro atoms. The summed E-state index contributed by atoms with van der Waals surface area (Å²) in [6.45, 7) is 0. The molecule has 0 fully saturated rings. The fraction of sp³-hybridized carbons (Fsp3) is 0.108. The molecule has 3 aromatic heterocycles. The molecule has 0 atom stereocenters. The van der Waals surface area contributed by atoms with Crippen LogP contribution in [0.1, 0.15) is 16.7 Å². The summed E-state index contributed by atoms with van der Waals surface area (Å²) in [5.74, 6) is 0.265. The van der Waals surface area contributed by atoms with E-state index in [0.29, 0.717) is 0 Å². The molecule has 0 aliphatic heterocycles. The van der Waals surface area contributed by atoms with Gasteiger partial charge in [0.15, 0.2) is 0 Å². The van der Waals surface area contributed by atoms with Crippen LogP contribution in [-0.2, 0) is 39.4 Å². The van der Waals surface area contributed by atoms with E-state index in [1.54, 1.807) is 36.4 Å². The van der Waals surface area contributed by atoms with Gasteiger partial charge in [-0.1, -0.05) is 72.8 Å². The summed E-state index contributed by atoms with van der Waals surface area (Å²) in [5.41, 5.74) is 8.63. The standard InChI is InChI=1S/C37H31N3O3.Ir/c41-35-16-4-13-32(38-35)29-10-1-7-25(22-29)19-28(20-26-8-2-11-30(23-26)33-14-5-17-36(42)39-33)21-27-9-3-12-31(24-27)34-15-6-18-37(43)40-34;/h1-18,22-24,28H,19-21H2,(H,38,41)(H,39,42)(H,40,43);. The fourth-order valence-electron chi connectivity index (χ4n) is 5.54. The minimum absolute atomic E-state index is 0. The Bertz CT molecular complexity index is 1660. The van der Waals surface area contributed by atoms with Crippen molar-refractivity contribution in [2.24, 2.45) is 5.92 Å². The Morgan fingerprint density at radius 1 is 0.409 bits per heavy atom. The van der Waals surface area contributed by atoms with Gasteiger partial charge in [0.1, 0.15) is 0 Å². The molecule has 0 aliphatic carbocycles. The van der Waals surface area contributed by atoms with Crippen LogP contribution in [0.5, 0.6) is 17.6 Å². The summed E-state index contributed by atoms with van der Waals surface area (Å²) in [6, 6.07) is 40.8. The molecule has 7 heteroatoms. The van der Waals surface area contributed by atoms with Gasteiger partial charge in [0, 0.05) is 55.0 Å². The monoisotopic (exact) mass is 758 g/mol. The molecule has 6 aromatic rings. The van der Waals surface area contributed by atoms with Crippen LogP contribution in [-0.4, -0.2) is 30.3 Å². The molecule has 3 aromatic carbocycles. The molecule has 1 radical (unpaired) electrons. The number of aromatic hydroxyl groups is 3. The number of aromatic nitrogens is 3. The summed E-state index contributed by atoms with van der Waals surface area (Å²) in [4.78, 5) is 12.9. The average molecular weight is 758 g/mol. The maximum Gasteiger partial charge on any atom is 0.211 e. The van der Waals surface area contributed by atoms with Crippen molar-refractivity contribution in [2.75, 3.05) is 0 Å². The Morgan fingerprint density at radius 3 is 1.00 bits per heavy atom. The Kier molecular flexibility index (Phi) is 9.80. The minimum Gasteiger partial charge on any atom is -0.493 e. The number of hydrogen-bond donors (Lipinski definition) is 3. The van der Waals surface area contributed by atoms with Gasteiger partial charge in [0.05, 0.1) is 17.1 Å². The van der Waals surface area contributed by atoms with Crippen LogP contribution in [0.4, 0.5) is 0 Å². The summed E-state index contributed by atoms with van der Waals surface area (Å²) in [5, 5.41) is 29.7. The van der Waals surface area contributed by atoms with E-state index >= 15 is 0 Å². The smallest absolute Gasteiger partial charge is 0.211 e. The van der Waals surface area contributed by atoms with Crippen molar-refractivity contribution in [3.05, 3.63) is 144 Å². The predicted octanol–water partition coefficient (Wildman–Crippen LogP) is 7.63. The molecule has 6 nitrogen and oxygen atoms in total. The zero-order valence-corrected chi connectivity index (χ0v) is 26.2. The molecule has 6 rings (SSSR count). The predicted molar refractivity (Wildman–Crippen MR) is 169 cm³/mol. The van der Waals surface area contributed by atoms with Crippen LogP contribution in [0, 0.1) is 5.92 Å². The van der Waals surface area contributed by atoms with Crippen molar-refractivity contribution in [3.63, 3.8) is 0 Å². The van der Waals surface area contributed by atoms with E-state index in [0.717, 1.165) is 53.0 Å². The molecule has 44 heavy (non-hydrogen) atoms. The molecule has 0 saturated carbocycles. The largest absolute Gasteiger partial charge is 0.493 e. The van der Waals surface area contributed by atoms with Gasteiger partial charge in [-0.25, -0.2) is 15.0 Å². The summed E-state index contributed by atoms with van der Waals surface area (Å²) in [6.07, 6.45) is 2.49. The molecule has 0 aliphatic rings. The van der Waals surface area contributed by atoms with Gasteiger partial charge in [0.25, 0.3) is 0 Å². The fourth-order valence-corrected chi connectivity index (χ4v) is 5.54. The number of benzene rings is 3. The van der Waals surface area contributed by atoms with E-state index in [-0.39, 0.29) is 43.7 Å². The van der Waals surface area contributed by atoms with Crippen LogP contribution in [0.2, 0.25) is 0 Å². The SMILES string of the molecule is Oc1cccc(-c2cccc(CC(Cc3cccc(-c4cccc(O)n4)c3)Cc3cccc(-c4cccc(O)n4)c3)c2)n1.[Ir]. The van der Waals surface area contributed by atoms with E-state index in [2.05, 4.69) is 51.4 Å². The Hall–Kier alpha value is -4.84. The quantitative estimate of drug-likeness (QED) is 0.140. The molecular formula is C37H31IrN3O3. The van der Waals surface area contributed by atoms with E-state index in [1.165, 1.54) is 16.7 Å². The van der Waals surface area contributed by atoms with Crippen molar-refractivity contribution < 1.29 is 35.4 Å². The van der Waals surface area contributed by atoms with Gasteiger partial charge in [-0.2, -0.15) is 0 Å². The summed E-state index contributed by atoms with van der Waals surface area (Å²) < 4.78 is 0. The zero-order chi connectivity index (χ0) is 29.6. The van der Waals surface area contributed by atoms with E-state index in [9.17, 15) is 15.3 Å². The first kappa shape index (κ1) is 30.6.